The first-order valence-corrected chi connectivity index (χ1v) is 38.6. The number of benzene rings is 9. The van der Waals surface area contributed by atoms with Gasteiger partial charge in [-0.15, -0.1) is 0 Å². The number of nitriles is 1. The molecule has 6 aliphatic rings. The van der Waals surface area contributed by atoms with E-state index in [1.807, 2.05) is 149 Å². The molecule has 0 atom stereocenters. The van der Waals surface area contributed by atoms with Crippen molar-refractivity contribution in [3.8, 4) is 62.3 Å². The smallest absolute Gasteiger partial charge is 0.294 e. The third-order valence-corrected chi connectivity index (χ3v) is 22.2. The van der Waals surface area contributed by atoms with Gasteiger partial charge in [0.1, 0.15) is 23.6 Å². The lowest BCUT2D eigenvalue weighted by Gasteiger charge is -2.31. The van der Waals surface area contributed by atoms with Crippen LogP contribution in [0.2, 0.25) is 10.0 Å². The highest BCUT2D eigenvalue weighted by Crippen LogP contribution is 2.43. The minimum absolute atomic E-state index is 0.128. The molecule has 0 aliphatic carbocycles. The number of piperazine rings is 2. The summed E-state index contributed by atoms with van der Waals surface area (Å²) in [6.45, 7) is 10.5. The van der Waals surface area contributed by atoms with Gasteiger partial charge in [0.15, 0.2) is 17.3 Å². The molecule has 0 radical (unpaired) electrons. The van der Waals surface area contributed by atoms with Crippen molar-refractivity contribution >= 4 is 69.4 Å². The van der Waals surface area contributed by atoms with Gasteiger partial charge in [-0.05, 0) is 215 Å². The van der Waals surface area contributed by atoms with E-state index in [0.717, 1.165) is 184 Å². The van der Waals surface area contributed by atoms with Gasteiger partial charge in [-0.1, -0.05) is 114 Å². The first kappa shape index (κ1) is 71.8. The maximum atomic E-state index is 14.3. The fourth-order valence-corrected chi connectivity index (χ4v) is 16.2. The molecule has 4 aromatic heterocycles. The molecule has 10 heterocycles. The van der Waals surface area contributed by atoms with Crippen LogP contribution in [-0.4, -0.2) is 93.1 Å². The lowest BCUT2D eigenvalue weighted by molar-refractivity contribution is 0.0952. The quantitative estimate of drug-likeness (QED) is 0.0900. The Morgan fingerprint density at radius 1 is 0.432 bits per heavy atom. The van der Waals surface area contributed by atoms with Crippen LogP contribution in [-0.2, 0) is 32.4 Å². The van der Waals surface area contributed by atoms with E-state index in [1.165, 1.54) is 17.6 Å². The monoisotopic (exact) mass is 1500 g/mol. The zero-order chi connectivity index (χ0) is 75.3. The van der Waals surface area contributed by atoms with E-state index in [4.69, 9.17) is 36.5 Å². The van der Waals surface area contributed by atoms with Crippen LogP contribution >= 0.6 is 23.2 Å². The summed E-state index contributed by atoms with van der Waals surface area (Å²) in [6, 6.07) is 76.4. The maximum absolute atomic E-state index is 14.3. The standard InChI is InChI=1S/C35H30ClN3O2.C34H28N6O2.C23H21ClN2O2/c36-29-12-10-25(11-13-29)33-22-28-20-27-21-30(38-18-16-37-17-19-38)14-15-32(27)39(35(40)34(28)41-33)23-26-8-4-5-9-31(26)24-6-2-1-3-7-24;35-18-23-5-7-24(8-6-23)32-17-27-15-26-16-29(39-13-11-36-12-14-39)9-10-31(26)40(34(41)33(27)42-32)21-25-3-1-2-4-30(25)28-19-37-22-38-20-28;24-19-4-1-15(2-5-19)21-13-18-12-17-11-16(14-7-9-25-10-8-14)3-6-20(17)26-23(27)22(18)28-21/h1-15,21-22,37H,16-20,23H2;1-10,16-17,19-20,22,36H,11-15,21H2;1-6,11,13-14,25H,7-10,12H2,(H,26,27). The second-order valence-electron chi connectivity index (χ2n) is 28.7. The molecule has 19 rings (SSSR count). The summed E-state index contributed by atoms with van der Waals surface area (Å²) in [5.41, 5.74) is 21.8. The highest BCUT2D eigenvalue weighted by molar-refractivity contribution is 6.31. The normalized spacial score (nSPS) is 15.3. The van der Waals surface area contributed by atoms with Crippen LogP contribution in [0, 0.1) is 11.3 Å². The fraction of sp³-hybridized carbons (Fsp3) is 0.196. The van der Waals surface area contributed by atoms with Crippen LogP contribution in [0.25, 0.3) is 56.2 Å². The summed E-state index contributed by atoms with van der Waals surface area (Å²) in [5.74, 6) is 3.19. The Bertz CT molecular complexity index is 5620. The van der Waals surface area contributed by atoms with Gasteiger partial charge in [-0.2, -0.15) is 5.26 Å². The van der Waals surface area contributed by atoms with Crippen LogP contribution in [0.1, 0.15) is 106 Å². The van der Waals surface area contributed by atoms with E-state index >= 15 is 0 Å². The lowest BCUT2D eigenvalue weighted by atomic mass is 9.88. The van der Waals surface area contributed by atoms with Gasteiger partial charge >= 0.3 is 0 Å². The number of nitrogens with one attached hydrogen (secondary N) is 4. The van der Waals surface area contributed by atoms with Crippen LogP contribution in [0.4, 0.5) is 28.4 Å². The minimum Gasteiger partial charge on any atom is -0.451 e. The molecule has 6 aliphatic heterocycles. The second kappa shape index (κ2) is 32.2. The van der Waals surface area contributed by atoms with Gasteiger partial charge in [0.25, 0.3) is 17.7 Å². The van der Waals surface area contributed by atoms with Gasteiger partial charge in [0, 0.05) is 161 Å². The molecule has 552 valence electrons. The Balaban J connectivity index is 0.000000124. The second-order valence-corrected chi connectivity index (χ2v) is 29.6. The van der Waals surface area contributed by atoms with Gasteiger partial charge in [0.2, 0.25) is 0 Å². The summed E-state index contributed by atoms with van der Waals surface area (Å²) in [6.07, 6.45) is 9.27. The first-order chi connectivity index (χ1) is 54.5. The van der Waals surface area contributed by atoms with Crippen LogP contribution in [0.3, 0.4) is 0 Å². The molecule has 0 unspecified atom stereocenters. The van der Waals surface area contributed by atoms with Crippen molar-refractivity contribution in [2.75, 3.05) is 90.4 Å². The third kappa shape index (κ3) is 15.5. The lowest BCUT2D eigenvalue weighted by Crippen LogP contribution is -2.43. The Labute approximate surface area is 654 Å². The van der Waals surface area contributed by atoms with Crippen molar-refractivity contribution in [2.24, 2.45) is 0 Å². The summed E-state index contributed by atoms with van der Waals surface area (Å²) in [5, 5.41) is 23.8. The first-order valence-electron chi connectivity index (χ1n) is 37.8. The van der Waals surface area contributed by atoms with Crippen molar-refractivity contribution in [1.29, 1.82) is 5.26 Å². The minimum atomic E-state index is -0.191. The highest BCUT2D eigenvalue weighted by atomic mass is 35.5. The Morgan fingerprint density at radius 3 is 1.40 bits per heavy atom. The summed E-state index contributed by atoms with van der Waals surface area (Å²) in [7, 11) is 0. The number of carbonyl (C=O) groups is 3. The number of rotatable bonds is 12. The zero-order valence-electron chi connectivity index (χ0n) is 61.0. The van der Waals surface area contributed by atoms with Gasteiger partial charge < -0.3 is 54.1 Å². The van der Waals surface area contributed by atoms with Crippen molar-refractivity contribution in [3.05, 3.63) is 326 Å². The highest BCUT2D eigenvalue weighted by Gasteiger charge is 2.35. The predicted molar refractivity (Wildman–Crippen MR) is 438 cm³/mol. The maximum Gasteiger partial charge on any atom is 0.294 e. The summed E-state index contributed by atoms with van der Waals surface area (Å²) >= 11 is 12.1. The van der Waals surface area contributed by atoms with Crippen LogP contribution in [0.5, 0.6) is 0 Å². The number of hydrogen-bond donors (Lipinski definition) is 4. The largest absolute Gasteiger partial charge is 0.451 e. The topological polar surface area (TPSA) is 201 Å². The number of amides is 3. The molecule has 111 heavy (non-hydrogen) atoms. The molecule has 4 N–H and O–H groups in total. The fourth-order valence-electron chi connectivity index (χ4n) is 15.9. The Morgan fingerprint density at radius 2 is 0.883 bits per heavy atom. The summed E-state index contributed by atoms with van der Waals surface area (Å²) < 4.78 is 18.6. The molecular formula is C92H79Cl2N11O6. The molecule has 3 saturated heterocycles. The van der Waals surface area contributed by atoms with Crippen LogP contribution in [0.15, 0.2) is 256 Å². The molecule has 3 fully saturated rings. The molecule has 19 heteroatoms. The SMILES string of the molecule is N#Cc1ccc(-c2cc3c(o2)C(=O)N(Cc2ccccc2-c2cncnc2)c2ccc(N4CCNCC4)cc2C3)cc1.O=C1Nc2ccc(C3CCNCC3)cc2Cc2cc(-c3ccc(Cl)cc3)oc21.O=C1c2oc(-c3ccc(Cl)cc3)cc2Cc2cc(N3CCNCC3)ccc2N1Cc1ccccc1-c1ccccc1. The third-order valence-electron chi connectivity index (χ3n) is 21.7. The Hall–Kier alpha value is -12.1. The molecule has 0 bridgehead atoms. The number of fused-ring (bicyclic) bond motifs is 6. The van der Waals surface area contributed by atoms with Crippen molar-refractivity contribution in [2.45, 2.75) is 51.1 Å². The van der Waals surface area contributed by atoms with Gasteiger partial charge in [-0.25, -0.2) is 9.97 Å². The van der Waals surface area contributed by atoms with E-state index in [0.29, 0.717) is 88.4 Å². The van der Waals surface area contributed by atoms with Gasteiger partial charge in [0.05, 0.1) is 24.7 Å². The van der Waals surface area contributed by atoms with E-state index in [-0.39, 0.29) is 17.7 Å². The molecular weight excluding hydrogens is 1430 g/mol. The van der Waals surface area contributed by atoms with E-state index in [1.54, 1.807) is 24.5 Å². The number of piperidine rings is 1. The molecule has 13 aromatic rings. The predicted octanol–water partition coefficient (Wildman–Crippen LogP) is 18.1. The average Bonchev–Trinajstić information content (AvgIpc) is 1.63. The average molecular weight is 1510 g/mol. The number of halogens is 2. The number of carbonyl (C=O) groups excluding carboxylic acids is 3. The molecule has 0 spiro atoms. The number of aromatic nitrogens is 2. The van der Waals surface area contributed by atoms with Crippen molar-refractivity contribution in [1.82, 2.24) is 25.9 Å². The summed E-state index contributed by atoms with van der Waals surface area (Å²) in [4.78, 5) is 58.3. The molecule has 0 saturated carbocycles. The number of hydrogen-bond acceptors (Lipinski definition) is 14. The molecule has 3 amide bonds. The number of anilines is 5. The number of nitrogens with zero attached hydrogens (tertiary/aromatic N) is 7. The van der Waals surface area contributed by atoms with Crippen LogP contribution < -0.4 is 40.9 Å². The zero-order valence-corrected chi connectivity index (χ0v) is 62.5. The van der Waals surface area contributed by atoms with E-state index in [9.17, 15) is 19.6 Å². The van der Waals surface area contributed by atoms with Crippen molar-refractivity contribution in [3.63, 3.8) is 0 Å². The van der Waals surface area contributed by atoms with Gasteiger partial charge in [-0.3, -0.25) is 14.4 Å². The Kier molecular flexibility index (Phi) is 20.8. The molecule has 17 nitrogen and oxygen atoms in total. The number of furan rings is 3. The van der Waals surface area contributed by atoms with Crippen molar-refractivity contribution < 1.29 is 27.6 Å². The van der Waals surface area contributed by atoms with E-state index < -0.39 is 0 Å². The molecule has 9 aromatic carbocycles. The van der Waals surface area contributed by atoms with E-state index in [2.05, 4.69) is 120 Å².